The third-order valence-corrected chi connectivity index (χ3v) is 4.37. The Labute approximate surface area is 127 Å². The first-order valence-corrected chi connectivity index (χ1v) is 7.81. The van der Waals surface area contributed by atoms with Gasteiger partial charge in [0.05, 0.1) is 5.92 Å². The van der Waals surface area contributed by atoms with Gasteiger partial charge >= 0.3 is 0 Å². The highest BCUT2D eigenvalue weighted by Crippen LogP contribution is 2.23. The molecule has 0 saturated carbocycles. The molecule has 1 amide bonds. The van der Waals surface area contributed by atoms with Crippen LogP contribution in [0.1, 0.15) is 44.2 Å². The second-order valence-electron chi connectivity index (χ2n) is 6.61. The van der Waals surface area contributed by atoms with E-state index >= 15 is 0 Å². The maximum absolute atomic E-state index is 11.5. The summed E-state index contributed by atoms with van der Waals surface area (Å²) in [5.74, 6) is 6.38. The van der Waals surface area contributed by atoms with Crippen molar-refractivity contribution in [3.8, 4) is 0 Å². The van der Waals surface area contributed by atoms with E-state index in [1.807, 2.05) is 19.1 Å². The number of carbonyl (C=O) groups excluding carboxylic acids is 1. The zero-order valence-electron chi connectivity index (χ0n) is 13.3. The van der Waals surface area contributed by atoms with Gasteiger partial charge in [0.25, 0.3) is 0 Å². The van der Waals surface area contributed by atoms with Crippen molar-refractivity contribution in [2.24, 2.45) is 17.7 Å². The van der Waals surface area contributed by atoms with Gasteiger partial charge in [-0.3, -0.25) is 15.1 Å². The third-order valence-electron chi connectivity index (χ3n) is 4.37. The lowest BCUT2D eigenvalue weighted by Crippen LogP contribution is -2.38. The molecule has 0 bridgehead atoms. The van der Waals surface area contributed by atoms with E-state index < -0.39 is 0 Å². The molecule has 1 heterocycles. The number of hydrogen-bond acceptors (Lipinski definition) is 3. The van der Waals surface area contributed by atoms with Crippen molar-refractivity contribution in [1.29, 1.82) is 0 Å². The van der Waals surface area contributed by atoms with Crippen molar-refractivity contribution in [1.82, 2.24) is 10.3 Å². The Balaban J connectivity index is 1.97. The number of carbonyl (C=O) groups is 1. The van der Waals surface area contributed by atoms with Crippen molar-refractivity contribution in [2.45, 2.75) is 39.7 Å². The molecular weight excluding hydrogens is 262 g/mol. The van der Waals surface area contributed by atoms with Crippen LogP contribution in [0.4, 0.5) is 0 Å². The summed E-state index contributed by atoms with van der Waals surface area (Å²) in [5, 5.41) is 0. The molecule has 1 saturated heterocycles. The third kappa shape index (κ3) is 4.29. The van der Waals surface area contributed by atoms with E-state index in [9.17, 15) is 4.79 Å². The van der Waals surface area contributed by atoms with Gasteiger partial charge in [-0.2, -0.15) is 0 Å². The Bertz CT molecular complexity index is 461. The van der Waals surface area contributed by atoms with E-state index in [1.54, 1.807) is 0 Å². The maximum Gasteiger partial charge on any atom is 0.241 e. The molecule has 3 unspecified atom stereocenters. The SMILES string of the molecule is CC1CC(C)CN(Cc2ccc(C(C)C(=O)NN)cc2)C1. The first kappa shape index (κ1) is 16.0. The molecular formula is C17H27N3O. The number of benzene rings is 1. The number of nitrogens with zero attached hydrogens (tertiary/aromatic N) is 1. The van der Waals surface area contributed by atoms with Crippen LogP contribution in [-0.2, 0) is 11.3 Å². The first-order valence-electron chi connectivity index (χ1n) is 7.81. The lowest BCUT2D eigenvalue weighted by Gasteiger charge is -2.35. The molecule has 1 aliphatic rings. The quantitative estimate of drug-likeness (QED) is 0.508. The minimum absolute atomic E-state index is 0.151. The molecule has 1 aromatic rings. The minimum atomic E-state index is -0.209. The van der Waals surface area contributed by atoms with Crippen LogP contribution in [0.15, 0.2) is 24.3 Å². The standard InChI is InChI=1S/C17H27N3O/c1-12-8-13(2)10-20(9-12)11-15-4-6-16(7-5-15)14(3)17(21)19-18/h4-7,12-14H,8-11,18H2,1-3H3,(H,19,21). The van der Waals surface area contributed by atoms with Crippen LogP contribution in [0.3, 0.4) is 0 Å². The second kappa shape index (κ2) is 7.05. The van der Waals surface area contributed by atoms with Gasteiger partial charge in [0, 0.05) is 19.6 Å². The summed E-state index contributed by atoms with van der Waals surface area (Å²) >= 11 is 0. The van der Waals surface area contributed by atoms with Gasteiger partial charge in [-0.25, -0.2) is 5.84 Å². The number of piperidine rings is 1. The number of rotatable bonds is 4. The number of nitrogens with two attached hydrogens (primary N) is 1. The average Bonchev–Trinajstić information content (AvgIpc) is 2.45. The minimum Gasteiger partial charge on any atom is -0.299 e. The molecule has 3 atom stereocenters. The molecule has 0 spiro atoms. The van der Waals surface area contributed by atoms with E-state index in [2.05, 4.69) is 36.3 Å². The topological polar surface area (TPSA) is 58.4 Å². The number of hydrazine groups is 1. The number of amides is 1. The van der Waals surface area contributed by atoms with Crippen LogP contribution in [0.5, 0.6) is 0 Å². The van der Waals surface area contributed by atoms with Crippen molar-refractivity contribution >= 4 is 5.91 Å². The molecule has 4 nitrogen and oxygen atoms in total. The Morgan fingerprint density at radius 2 is 1.86 bits per heavy atom. The zero-order valence-corrected chi connectivity index (χ0v) is 13.3. The summed E-state index contributed by atoms with van der Waals surface area (Å²) in [6.45, 7) is 9.88. The molecule has 3 N–H and O–H groups in total. The number of likely N-dealkylation sites (tertiary alicyclic amines) is 1. The van der Waals surface area contributed by atoms with Gasteiger partial charge in [-0.05, 0) is 36.3 Å². The fourth-order valence-electron chi connectivity index (χ4n) is 3.37. The average molecular weight is 289 g/mol. The van der Waals surface area contributed by atoms with Gasteiger partial charge in [0.15, 0.2) is 0 Å². The van der Waals surface area contributed by atoms with Gasteiger partial charge in [-0.1, -0.05) is 38.1 Å². The highest BCUT2D eigenvalue weighted by atomic mass is 16.2. The van der Waals surface area contributed by atoms with Crippen molar-refractivity contribution < 1.29 is 4.79 Å². The molecule has 0 aliphatic carbocycles. The van der Waals surface area contributed by atoms with E-state index in [0.29, 0.717) is 0 Å². The molecule has 1 aliphatic heterocycles. The van der Waals surface area contributed by atoms with Crippen LogP contribution in [0.2, 0.25) is 0 Å². The summed E-state index contributed by atoms with van der Waals surface area (Å²) in [6, 6.07) is 8.32. The predicted octanol–water partition coefficient (Wildman–Crippen LogP) is 2.26. The largest absolute Gasteiger partial charge is 0.299 e. The Morgan fingerprint density at radius 3 is 2.38 bits per heavy atom. The summed E-state index contributed by atoms with van der Waals surface area (Å²) < 4.78 is 0. The Kier molecular flexibility index (Phi) is 5.37. The van der Waals surface area contributed by atoms with Crippen LogP contribution in [0, 0.1) is 11.8 Å². The van der Waals surface area contributed by atoms with Crippen LogP contribution >= 0.6 is 0 Å². The van der Waals surface area contributed by atoms with E-state index in [1.165, 1.54) is 25.1 Å². The van der Waals surface area contributed by atoms with Gasteiger partial charge in [-0.15, -0.1) is 0 Å². The Hall–Kier alpha value is -1.39. The van der Waals surface area contributed by atoms with Crippen molar-refractivity contribution in [3.63, 3.8) is 0 Å². The van der Waals surface area contributed by atoms with Gasteiger partial charge in [0.1, 0.15) is 0 Å². The van der Waals surface area contributed by atoms with Gasteiger partial charge < -0.3 is 0 Å². The van der Waals surface area contributed by atoms with Crippen LogP contribution < -0.4 is 11.3 Å². The monoisotopic (exact) mass is 289 g/mol. The lowest BCUT2D eigenvalue weighted by atomic mass is 9.91. The van der Waals surface area contributed by atoms with Gasteiger partial charge in [0.2, 0.25) is 5.91 Å². The summed E-state index contributed by atoms with van der Waals surface area (Å²) in [4.78, 5) is 14.1. The highest BCUT2D eigenvalue weighted by molar-refractivity contribution is 5.82. The maximum atomic E-state index is 11.5. The van der Waals surface area contributed by atoms with Crippen LogP contribution in [-0.4, -0.2) is 23.9 Å². The van der Waals surface area contributed by atoms with Crippen molar-refractivity contribution in [3.05, 3.63) is 35.4 Å². The first-order chi connectivity index (χ1) is 9.99. The number of hydrogen-bond donors (Lipinski definition) is 2. The fourth-order valence-corrected chi connectivity index (χ4v) is 3.37. The van der Waals surface area contributed by atoms with E-state index in [4.69, 9.17) is 5.84 Å². The summed E-state index contributed by atoms with van der Waals surface area (Å²) in [7, 11) is 0. The molecule has 1 fully saturated rings. The molecule has 0 aromatic heterocycles. The highest BCUT2D eigenvalue weighted by Gasteiger charge is 2.21. The second-order valence-corrected chi connectivity index (χ2v) is 6.61. The molecule has 21 heavy (non-hydrogen) atoms. The summed E-state index contributed by atoms with van der Waals surface area (Å²) in [6.07, 6.45) is 1.33. The number of nitrogens with one attached hydrogen (secondary N) is 1. The zero-order chi connectivity index (χ0) is 15.4. The van der Waals surface area contributed by atoms with E-state index in [0.717, 1.165) is 23.9 Å². The molecule has 116 valence electrons. The van der Waals surface area contributed by atoms with Crippen LogP contribution in [0.25, 0.3) is 0 Å². The Morgan fingerprint density at radius 1 is 1.29 bits per heavy atom. The predicted molar refractivity (Wildman–Crippen MR) is 85.4 cm³/mol. The lowest BCUT2D eigenvalue weighted by molar-refractivity contribution is -0.122. The summed E-state index contributed by atoms with van der Waals surface area (Å²) in [5.41, 5.74) is 4.51. The van der Waals surface area contributed by atoms with E-state index in [-0.39, 0.29) is 11.8 Å². The smallest absolute Gasteiger partial charge is 0.241 e. The molecule has 2 rings (SSSR count). The normalized spacial score (nSPS) is 24.6. The molecule has 4 heteroatoms. The molecule has 1 aromatic carbocycles. The fraction of sp³-hybridized carbons (Fsp3) is 0.588. The van der Waals surface area contributed by atoms with Crippen molar-refractivity contribution in [2.75, 3.05) is 13.1 Å². The molecule has 0 radical (unpaired) electrons.